The Kier molecular flexibility index (Phi) is 7.72. The van der Waals surface area contributed by atoms with Gasteiger partial charge in [0.25, 0.3) is 0 Å². The Balaban J connectivity index is 2.37. The molecular formula is C19H29NO2. The maximum atomic E-state index is 11.7. The van der Waals surface area contributed by atoms with Gasteiger partial charge in [-0.1, -0.05) is 46.2 Å². The summed E-state index contributed by atoms with van der Waals surface area (Å²) in [6.07, 6.45) is 6.57. The first-order valence-corrected chi connectivity index (χ1v) is 8.09. The lowest BCUT2D eigenvalue weighted by Crippen LogP contribution is -2.25. The number of nitrogens with one attached hydrogen (secondary N) is 1. The first-order valence-electron chi connectivity index (χ1n) is 8.09. The van der Waals surface area contributed by atoms with Crippen molar-refractivity contribution >= 4 is 12.0 Å². The molecule has 0 unspecified atom stereocenters. The molecule has 22 heavy (non-hydrogen) atoms. The van der Waals surface area contributed by atoms with E-state index < -0.39 is 0 Å². The Morgan fingerprint density at radius 3 is 2.50 bits per heavy atom. The highest BCUT2D eigenvalue weighted by atomic mass is 16.5. The molecule has 0 aromatic heterocycles. The van der Waals surface area contributed by atoms with Crippen LogP contribution in [0.15, 0.2) is 30.3 Å². The van der Waals surface area contributed by atoms with E-state index >= 15 is 0 Å². The highest BCUT2D eigenvalue weighted by Crippen LogP contribution is 2.17. The second-order valence-corrected chi connectivity index (χ2v) is 6.71. The number of benzene rings is 1. The molecular weight excluding hydrogens is 274 g/mol. The molecule has 3 nitrogen and oxygen atoms in total. The summed E-state index contributed by atoms with van der Waals surface area (Å²) in [7, 11) is 0. The number of amides is 1. The summed E-state index contributed by atoms with van der Waals surface area (Å²) >= 11 is 0. The molecule has 1 amide bonds. The molecule has 122 valence electrons. The van der Waals surface area contributed by atoms with Gasteiger partial charge in [0, 0.05) is 12.6 Å². The standard InChI is InChI=1S/C19H29NO2/c1-5-6-15-22-17-10-7-16(8-11-17)9-12-18(21)20-14-13-19(2,3)4/h7-12H,5-6,13-15H2,1-4H3,(H,20,21). The first-order chi connectivity index (χ1) is 10.4. The van der Waals surface area contributed by atoms with E-state index in [4.69, 9.17) is 4.74 Å². The Labute approximate surface area is 134 Å². The lowest BCUT2D eigenvalue weighted by molar-refractivity contribution is -0.116. The fourth-order valence-electron chi connectivity index (χ4n) is 1.80. The van der Waals surface area contributed by atoms with Crippen molar-refractivity contribution in [2.24, 2.45) is 5.41 Å². The van der Waals surface area contributed by atoms with E-state index in [1.54, 1.807) is 6.08 Å². The number of carbonyl (C=O) groups excluding carboxylic acids is 1. The van der Waals surface area contributed by atoms with Crippen LogP contribution in [0.25, 0.3) is 6.08 Å². The van der Waals surface area contributed by atoms with Gasteiger partial charge in [-0.15, -0.1) is 0 Å². The molecule has 0 bridgehead atoms. The topological polar surface area (TPSA) is 38.3 Å². The van der Waals surface area contributed by atoms with Crippen LogP contribution in [-0.2, 0) is 4.79 Å². The zero-order chi connectivity index (χ0) is 16.4. The van der Waals surface area contributed by atoms with Crippen LogP contribution < -0.4 is 10.1 Å². The fraction of sp³-hybridized carbons (Fsp3) is 0.526. The zero-order valence-electron chi connectivity index (χ0n) is 14.3. The molecule has 0 aliphatic rings. The molecule has 3 heteroatoms. The van der Waals surface area contributed by atoms with Gasteiger partial charge in [0.1, 0.15) is 5.75 Å². The molecule has 0 heterocycles. The summed E-state index contributed by atoms with van der Waals surface area (Å²) in [6.45, 7) is 10.1. The van der Waals surface area contributed by atoms with Gasteiger partial charge in [0.05, 0.1) is 6.61 Å². The largest absolute Gasteiger partial charge is 0.494 e. The molecule has 0 atom stereocenters. The number of rotatable bonds is 8. The quantitative estimate of drug-likeness (QED) is 0.570. The predicted octanol–water partition coefficient (Wildman–Crippen LogP) is 4.43. The average Bonchev–Trinajstić information content (AvgIpc) is 2.45. The summed E-state index contributed by atoms with van der Waals surface area (Å²) < 4.78 is 5.61. The predicted molar refractivity (Wildman–Crippen MR) is 93.0 cm³/mol. The minimum atomic E-state index is -0.0486. The van der Waals surface area contributed by atoms with E-state index in [1.165, 1.54) is 0 Å². The van der Waals surface area contributed by atoms with E-state index in [-0.39, 0.29) is 11.3 Å². The van der Waals surface area contributed by atoms with Crippen molar-refractivity contribution in [2.75, 3.05) is 13.2 Å². The summed E-state index contributed by atoms with van der Waals surface area (Å²) in [5.74, 6) is 0.827. The van der Waals surface area contributed by atoms with Crippen molar-refractivity contribution in [1.29, 1.82) is 0 Å². The Bertz CT molecular complexity index is 469. The summed E-state index contributed by atoms with van der Waals surface area (Å²) in [5, 5.41) is 2.90. The molecule has 0 saturated carbocycles. The van der Waals surface area contributed by atoms with E-state index in [1.807, 2.05) is 30.3 Å². The van der Waals surface area contributed by atoms with E-state index in [0.717, 1.165) is 37.2 Å². The third-order valence-electron chi connectivity index (χ3n) is 3.25. The van der Waals surface area contributed by atoms with Crippen LogP contribution in [0.4, 0.5) is 0 Å². The highest BCUT2D eigenvalue weighted by molar-refractivity contribution is 5.91. The molecule has 0 aliphatic heterocycles. The van der Waals surface area contributed by atoms with Gasteiger partial charge in [0.2, 0.25) is 5.91 Å². The van der Waals surface area contributed by atoms with Crippen molar-refractivity contribution in [3.05, 3.63) is 35.9 Å². The maximum absolute atomic E-state index is 11.7. The van der Waals surface area contributed by atoms with Crippen molar-refractivity contribution in [1.82, 2.24) is 5.32 Å². The highest BCUT2D eigenvalue weighted by Gasteiger charge is 2.09. The van der Waals surface area contributed by atoms with Crippen LogP contribution in [0.2, 0.25) is 0 Å². The second kappa shape index (κ2) is 9.29. The minimum Gasteiger partial charge on any atom is -0.494 e. The minimum absolute atomic E-state index is 0.0486. The Morgan fingerprint density at radius 2 is 1.91 bits per heavy atom. The summed E-state index contributed by atoms with van der Waals surface area (Å²) in [4.78, 5) is 11.7. The Morgan fingerprint density at radius 1 is 1.23 bits per heavy atom. The molecule has 0 spiro atoms. The Hall–Kier alpha value is -1.77. The lowest BCUT2D eigenvalue weighted by atomic mass is 9.92. The van der Waals surface area contributed by atoms with Crippen LogP contribution >= 0.6 is 0 Å². The van der Waals surface area contributed by atoms with E-state index in [2.05, 4.69) is 33.0 Å². The van der Waals surface area contributed by atoms with Crippen LogP contribution in [0.3, 0.4) is 0 Å². The van der Waals surface area contributed by atoms with Gasteiger partial charge in [-0.2, -0.15) is 0 Å². The second-order valence-electron chi connectivity index (χ2n) is 6.71. The average molecular weight is 303 g/mol. The first kappa shape index (κ1) is 18.3. The van der Waals surface area contributed by atoms with Crippen LogP contribution in [0, 0.1) is 5.41 Å². The van der Waals surface area contributed by atoms with Gasteiger partial charge in [-0.05, 0) is 42.0 Å². The van der Waals surface area contributed by atoms with Gasteiger partial charge < -0.3 is 10.1 Å². The van der Waals surface area contributed by atoms with E-state index in [9.17, 15) is 4.79 Å². The van der Waals surface area contributed by atoms with Crippen LogP contribution in [0.1, 0.15) is 52.5 Å². The summed E-state index contributed by atoms with van der Waals surface area (Å²) in [6, 6.07) is 7.79. The molecule has 1 aromatic rings. The van der Waals surface area contributed by atoms with E-state index in [0.29, 0.717) is 6.54 Å². The third kappa shape index (κ3) is 8.50. The molecule has 0 radical (unpaired) electrons. The maximum Gasteiger partial charge on any atom is 0.243 e. The molecule has 0 saturated heterocycles. The fourth-order valence-corrected chi connectivity index (χ4v) is 1.80. The zero-order valence-corrected chi connectivity index (χ0v) is 14.3. The molecule has 1 rings (SSSR count). The van der Waals surface area contributed by atoms with Crippen LogP contribution in [-0.4, -0.2) is 19.1 Å². The van der Waals surface area contributed by atoms with Crippen molar-refractivity contribution < 1.29 is 9.53 Å². The van der Waals surface area contributed by atoms with Crippen molar-refractivity contribution in [3.8, 4) is 5.75 Å². The molecule has 1 N–H and O–H groups in total. The van der Waals surface area contributed by atoms with Crippen molar-refractivity contribution in [2.45, 2.75) is 47.0 Å². The molecule has 1 aromatic carbocycles. The van der Waals surface area contributed by atoms with Gasteiger partial charge in [-0.3, -0.25) is 4.79 Å². The lowest BCUT2D eigenvalue weighted by Gasteiger charge is -2.17. The summed E-state index contributed by atoms with van der Waals surface area (Å²) in [5.41, 5.74) is 1.23. The monoisotopic (exact) mass is 303 g/mol. The van der Waals surface area contributed by atoms with Crippen molar-refractivity contribution in [3.63, 3.8) is 0 Å². The number of unbranched alkanes of at least 4 members (excludes halogenated alkanes) is 1. The number of hydrogen-bond acceptors (Lipinski definition) is 2. The number of hydrogen-bond donors (Lipinski definition) is 1. The number of ether oxygens (including phenoxy) is 1. The molecule has 0 fully saturated rings. The van der Waals surface area contributed by atoms with Gasteiger partial charge in [0.15, 0.2) is 0 Å². The molecule has 0 aliphatic carbocycles. The van der Waals surface area contributed by atoms with Crippen LogP contribution in [0.5, 0.6) is 5.75 Å². The van der Waals surface area contributed by atoms with Gasteiger partial charge in [-0.25, -0.2) is 0 Å². The SMILES string of the molecule is CCCCOc1ccc(C=CC(=O)NCCC(C)(C)C)cc1. The third-order valence-corrected chi connectivity index (χ3v) is 3.25. The smallest absolute Gasteiger partial charge is 0.243 e. The van der Waals surface area contributed by atoms with Gasteiger partial charge >= 0.3 is 0 Å². The number of carbonyl (C=O) groups is 1. The normalized spacial score (nSPS) is 11.6.